The lowest BCUT2D eigenvalue weighted by Crippen LogP contribution is -2.05. The molecule has 0 amide bonds. The number of hydrogen-bond donors (Lipinski definition) is 0. The van der Waals surface area contributed by atoms with E-state index >= 15 is 0 Å². The van der Waals surface area contributed by atoms with E-state index in [0.29, 0.717) is 13.2 Å². The number of unbranched alkanes of at least 4 members (excludes halogenated alkanes) is 1. The highest BCUT2D eigenvalue weighted by Crippen LogP contribution is 1.92. The zero-order chi connectivity index (χ0) is 9.23. The molecule has 0 heterocycles. The minimum atomic E-state index is -0.449. The van der Waals surface area contributed by atoms with Crippen molar-refractivity contribution in [1.82, 2.24) is 0 Å². The van der Waals surface area contributed by atoms with Crippen molar-refractivity contribution in [3.63, 3.8) is 0 Å². The van der Waals surface area contributed by atoms with E-state index in [1.807, 2.05) is 0 Å². The van der Waals surface area contributed by atoms with E-state index in [4.69, 9.17) is 14.7 Å². The van der Waals surface area contributed by atoms with E-state index in [1.165, 1.54) is 0 Å². The lowest BCUT2D eigenvalue weighted by Gasteiger charge is -2.01. The van der Waals surface area contributed by atoms with Crippen molar-refractivity contribution in [3.8, 4) is 6.07 Å². The molecule has 0 unspecified atom stereocenters. The zero-order valence-electron chi connectivity index (χ0n) is 7.21. The third kappa shape index (κ3) is 7.03. The fraction of sp³-hybridized carbons (Fsp3) is 0.750. The van der Waals surface area contributed by atoms with E-state index in [1.54, 1.807) is 13.2 Å². The number of carbonyl (C=O) groups is 1. The molecule has 68 valence electrons. The van der Waals surface area contributed by atoms with Crippen LogP contribution in [0.3, 0.4) is 0 Å². The second kappa shape index (κ2) is 8.02. The molecule has 0 aromatic carbocycles. The molecule has 0 aromatic rings. The number of nitrogens with zero attached hydrogens (tertiary/aromatic N) is 1. The molecule has 0 atom stereocenters. The summed E-state index contributed by atoms with van der Waals surface area (Å²) >= 11 is 0. The highest BCUT2D eigenvalue weighted by atomic mass is 16.5. The number of esters is 1. The van der Waals surface area contributed by atoms with Crippen LogP contribution in [-0.2, 0) is 14.3 Å². The molecule has 4 nitrogen and oxygen atoms in total. The highest BCUT2D eigenvalue weighted by Gasteiger charge is 1.99. The Balaban J connectivity index is 3.10. The van der Waals surface area contributed by atoms with E-state index in [9.17, 15) is 4.79 Å². The monoisotopic (exact) mass is 171 g/mol. The normalized spacial score (nSPS) is 9.00. The van der Waals surface area contributed by atoms with E-state index in [2.05, 4.69) is 0 Å². The molecule has 0 rings (SSSR count). The minimum Gasteiger partial charge on any atom is -0.465 e. The van der Waals surface area contributed by atoms with Gasteiger partial charge in [0.2, 0.25) is 0 Å². The van der Waals surface area contributed by atoms with Gasteiger partial charge < -0.3 is 9.47 Å². The summed E-state index contributed by atoms with van der Waals surface area (Å²) in [6, 6.07) is 1.72. The molecule has 0 aliphatic heterocycles. The number of ether oxygens (including phenoxy) is 2. The maximum absolute atomic E-state index is 10.6. The van der Waals surface area contributed by atoms with E-state index < -0.39 is 5.97 Å². The van der Waals surface area contributed by atoms with Crippen LogP contribution in [0, 0.1) is 11.3 Å². The van der Waals surface area contributed by atoms with E-state index in [-0.39, 0.29) is 6.42 Å². The molecule has 0 aliphatic rings. The van der Waals surface area contributed by atoms with Crippen LogP contribution < -0.4 is 0 Å². The van der Waals surface area contributed by atoms with Gasteiger partial charge in [-0.05, 0) is 12.8 Å². The fourth-order valence-corrected chi connectivity index (χ4v) is 0.650. The van der Waals surface area contributed by atoms with E-state index in [0.717, 1.165) is 12.8 Å². The van der Waals surface area contributed by atoms with Crippen molar-refractivity contribution in [2.75, 3.05) is 20.3 Å². The van der Waals surface area contributed by atoms with Crippen LogP contribution in [-0.4, -0.2) is 26.3 Å². The maximum Gasteiger partial charge on any atom is 0.320 e. The number of carbonyl (C=O) groups excluding carboxylic acids is 1. The van der Waals surface area contributed by atoms with Gasteiger partial charge in [0.05, 0.1) is 12.7 Å². The van der Waals surface area contributed by atoms with Crippen LogP contribution in [0.2, 0.25) is 0 Å². The van der Waals surface area contributed by atoms with Crippen LogP contribution >= 0.6 is 0 Å². The molecule has 0 fully saturated rings. The molecule has 0 saturated carbocycles. The lowest BCUT2D eigenvalue weighted by molar-refractivity contribution is -0.142. The Bertz CT molecular complexity index is 162. The first-order valence-electron chi connectivity index (χ1n) is 3.82. The fourth-order valence-electron chi connectivity index (χ4n) is 0.650. The standard InChI is InChI=1S/C8H13NO3/c1-11-6-2-3-7-12-8(10)4-5-9/h2-4,6-7H2,1H3. The Morgan fingerprint density at radius 1 is 1.42 bits per heavy atom. The van der Waals surface area contributed by atoms with Gasteiger partial charge in [-0.3, -0.25) is 4.79 Å². The van der Waals surface area contributed by atoms with Gasteiger partial charge >= 0.3 is 5.97 Å². The van der Waals surface area contributed by atoms with Gasteiger partial charge in [0.25, 0.3) is 0 Å². The molecule has 0 aromatic heterocycles. The first-order chi connectivity index (χ1) is 5.81. The molecule has 0 aliphatic carbocycles. The topological polar surface area (TPSA) is 59.3 Å². The van der Waals surface area contributed by atoms with Crippen molar-refractivity contribution < 1.29 is 14.3 Å². The molecule has 12 heavy (non-hydrogen) atoms. The highest BCUT2D eigenvalue weighted by molar-refractivity contribution is 5.71. The largest absolute Gasteiger partial charge is 0.465 e. The first kappa shape index (κ1) is 10.9. The second-order valence-electron chi connectivity index (χ2n) is 2.26. The third-order valence-electron chi connectivity index (χ3n) is 1.23. The van der Waals surface area contributed by atoms with Gasteiger partial charge in [-0.2, -0.15) is 5.26 Å². The van der Waals surface area contributed by atoms with Crippen molar-refractivity contribution in [1.29, 1.82) is 5.26 Å². The molecule has 0 N–H and O–H groups in total. The Morgan fingerprint density at radius 2 is 2.08 bits per heavy atom. The second-order valence-corrected chi connectivity index (χ2v) is 2.26. The van der Waals surface area contributed by atoms with Gasteiger partial charge in [0, 0.05) is 13.7 Å². The molecule has 0 radical (unpaired) electrons. The van der Waals surface area contributed by atoms with Crippen LogP contribution in [0.1, 0.15) is 19.3 Å². The molecular weight excluding hydrogens is 158 g/mol. The molecular formula is C8H13NO3. The average Bonchev–Trinajstić information content (AvgIpc) is 2.05. The average molecular weight is 171 g/mol. The quantitative estimate of drug-likeness (QED) is 0.439. The molecule has 0 bridgehead atoms. The van der Waals surface area contributed by atoms with Crippen LogP contribution in [0.15, 0.2) is 0 Å². The number of nitriles is 1. The van der Waals surface area contributed by atoms with Crippen molar-refractivity contribution >= 4 is 5.97 Å². The molecule has 0 saturated heterocycles. The van der Waals surface area contributed by atoms with Crippen molar-refractivity contribution in [2.45, 2.75) is 19.3 Å². The Kier molecular flexibility index (Phi) is 7.30. The smallest absolute Gasteiger partial charge is 0.320 e. The summed E-state index contributed by atoms with van der Waals surface area (Å²) in [6.07, 6.45) is 1.49. The van der Waals surface area contributed by atoms with Gasteiger partial charge in [-0.25, -0.2) is 0 Å². The molecule has 0 spiro atoms. The SMILES string of the molecule is COCCCCOC(=O)CC#N. The Hall–Kier alpha value is -1.08. The summed E-state index contributed by atoms with van der Waals surface area (Å²) in [5.41, 5.74) is 0. The van der Waals surface area contributed by atoms with Crippen LogP contribution in [0.25, 0.3) is 0 Å². The van der Waals surface area contributed by atoms with Crippen LogP contribution in [0.5, 0.6) is 0 Å². The van der Waals surface area contributed by atoms with Gasteiger partial charge in [0.15, 0.2) is 0 Å². The summed E-state index contributed by atoms with van der Waals surface area (Å²) in [7, 11) is 1.63. The zero-order valence-corrected chi connectivity index (χ0v) is 7.21. The minimum absolute atomic E-state index is 0.162. The first-order valence-corrected chi connectivity index (χ1v) is 3.82. The predicted molar refractivity (Wildman–Crippen MR) is 42.3 cm³/mol. The van der Waals surface area contributed by atoms with Gasteiger partial charge in [-0.15, -0.1) is 0 Å². The summed E-state index contributed by atoms with van der Waals surface area (Å²) in [5.74, 6) is -0.449. The number of methoxy groups -OCH3 is 1. The Labute approximate surface area is 72.1 Å². The predicted octanol–water partition coefficient (Wildman–Crippen LogP) is 0.870. The van der Waals surface area contributed by atoms with Gasteiger partial charge in [0.1, 0.15) is 6.42 Å². The summed E-state index contributed by atoms with van der Waals surface area (Å²) in [6.45, 7) is 1.06. The third-order valence-corrected chi connectivity index (χ3v) is 1.23. The lowest BCUT2D eigenvalue weighted by atomic mass is 10.3. The van der Waals surface area contributed by atoms with Crippen LogP contribution in [0.4, 0.5) is 0 Å². The molecule has 4 heteroatoms. The number of rotatable bonds is 6. The summed E-state index contributed by atoms with van der Waals surface area (Å²) < 4.78 is 9.52. The maximum atomic E-state index is 10.6. The van der Waals surface area contributed by atoms with Crippen molar-refractivity contribution in [3.05, 3.63) is 0 Å². The number of hydrogen-bond acceptors (Lipinski definition) is 4. The summed E-state index contributed by atoms with van der Waals surface area (Å²) in [4.78, 5) is 10.6. The van der Waals surface area contributed by atoms with Crippen molar-refractivity contribution in [2.24, 2.45) is 0 Å². The van der Waals surface area contributed by atoms with Gasteiger partial charge in [-0.1, -0.05) is 0 Å². The Morgan fingerprint density at radius 3 is 2.67 bits per heavy atom. The summed E-state index contributed by atoms with van der Waals surface area (Å²) in [5, 5.41) is 8.11.